The molecule has 0 spiro atoms. The summed E-state index contributed by atoms with van der Waals surface area (Å²) >= 11 is 8.72. The van der Waals surface area contributed by atoms with Gasteiger partial charge in [0.05, 0.1) is 18.6 Å². The summed E-state index contributed by atoms with van der Waals surface area (Å²) in [5.41, 5.74) is 0.996. The van der Waals surface area contributed by atoms with E-state index in [1.807, 2.05) is 36.4 Å². The van der Waals surface area contributed by atoms with Crippen LogP contribution in [0.25, 0.3) is 6.08 Å². The summed E-state index contributed by atoms with van der Waals surface area (Å²) in [6.45, 7) is 0.446. The highest BCUT2D eigenvalue weighted by Gasteiger charge is 2.32. The van der Waals surface area contributed by atoms with Crippen LogP contribution in [0.2, 0.25) is 0 Å². The molecule has 1 saturated heterocycles. The minimum absolute atomic E-state index is 0.0952. The first-order chi connectivity index (χ1) is 11.1. The van der Waals surface area contributed by atoms with Crippen LogP contribution in [0.4, 0.5) is 0 Å². The average Bonchev–Trinajstić information content (AvgIpc) is 3.07. The van der Waals surface area contributed by atoms with Crippen molar-refractivity contribution in [3.05, 3.63) is 56.4 Å². The summed E-state index contributed by atoms with van der Waals surface area (Å²) in [4.78, 5) is 14.7. The van der Waals surface area contributed by atoms with E-state index >= 15 is 0 Å². The van der Waals surface area contributed by atoms with Gasteiger partial charge in [-0.05, 0) is 52.4 Å². The fraction of sp³-hybridized carbons (Fsp3) is 0.125. The van der Waals surface area contributed by atoms with E-state index in [9.17, 15) is 4.79 Å². The molecule has 0 saturated carbocycles. The summed E-state index contributed by atoms with van der Waals surface area (Å²) in [7, 11) is 1.62. The highest BCUT2D eigenvalue weighted by Crippen LogP contribution is 2.34. The number of hydrogen-bond acceptors (Lipinski definition) is 5. The van der Waals surface area contributed by atoms with Crippen molar-refractivity contribution >= 4 is 62.9 Å². The topological polar surface area (TPSA) is 42.7 Å². The molecule has 1 fully saturated rings. The first-order valence-corrected chi connectivity index (χ1v) is 9.01. The van der Waals surface area contributed by atoms with Crippen molar-refractivity contribution in [2.75, 3.05) is 7.11 Å². The monoisotopic (exact) mass is 457 g/mol. The third-order valence-corrected chi connectivity index (χ3v) is 5.20. The second-order valence-corrected chi connectivity index (χ2v) is 7.50. The van der Waals surface area contributed by atoms with E-state index in [2.05, 4.69) is 22.6 Å². The molecule has 118 valence electrons. The fourth-order valence-corrected chi connectivity index (χ4v) is 3.75. The Kier molecular flexibility index (Phi) is 5.08. The normalized spacial score (nSPS) is 16.4. The van der Waals surface area contributed by atoms with Gasteiger partial charge in [-0.15, -0.1) is 0 Å². The molecule has 1 aromatic heterocycles. The Morgan fingerprint density at radius 1 is 1.30 bits per heavy atom. The molecule has 0 radical (unpaired) electrons. The van der Waals surface area contributed by atoms with Crippen LogP contribution in [0.15, 0.2) is 45.7 Å². The highest BCUT2D eigenvalue weighted by atomic mass is 127. The average molecular weight is 457 g/mol. The molecule has 0 atom stereocenters. The Hall–Kier alpha value is -1.32. The van der Waals surface area contributed by atoms with Crippen molar-refractivity contribution < 1.29 is 13.9 Å². The van der Waals surface area contributed by atoms with Gasteiger partial charge in [-0.25, -0.2) is 0 Å². The molecular formula is C16H12INO3S2. The van der Waals surface area contributed by atoms with Gasteiger partial charge in [-0.3, -0.25) is 9.69 Å². The number of nitrogens with zero attached hydrogens (tertiary/aromatic N) is 1. The van der Waals surface area contributed by atoms with Crippen molar-refractivity contribution in [1.29, 1.82) is 0 Å². The summed E-state index contributed by atoms with van der Waals surface area (Å²) in [6.07, 6.45) is 1.73. The Morgan fingerprint density at radius 3 is 2.65 bits per heavy atom. The Balaban J connectivity index is 1.77. The van der Waals surface area contributed by atoms with E-state index in [4.69, 9.17) is 21.4 Å². The van der Waals surface area contributed by atoms with Gasteiger partial charge in [-0.2, -0.15) is 0 Å². The number of furan rings is 1. The first kappa shape index (κ1) is 16.5. The number of thioether (sulfide) groups is 1. The van der Waals surface area contributed by atoms with E-state index in [0.717, 1.165) is 15.1 Å². The van der Waals surface area contributed by atoms with Crippen molar-refractivity contribution in [2.45, 2.75) is 6.54 Å². The number of thiocarbonyl (C=S) groups is 1. The molecule has 0 aliphatic carbocycles. The second kappa shape index (κ2) is 7.06. The van der Waals surface area contributed by atoms with E-state index in [1.54, 1.807) is 18.1 Å². The molecule has 7 heteroatoms. The maximum Gasteiger partial charge on any atom is 0.266 e. The molecule has 2 heterocycles. The quantitative estimate of drug-likeness (QED) is 0.389. The Labute approximate surface area is 157 Å². The summed E-state index contributed by atoms with van der Waals surface area (Å²) in [5, 5.41) is 0. The van der Waals surface area contributed by atoms with Gasteiger partial charge in [-0.1, -0.05) is 36.1 Å². The number of ether oxygens (including phenoxy) is 1. The van der Waals surface area contributed by atoms with Crippen LogP contribution in [0.3, 0.4) is 0 Å². The largest absolute Gasteiger partial charge is 0.497 e. The van der Waals surface area contributed by atoms with E-state index in [-0.39, 0.29) is 5.91 Å². The van der Waals surface area contributed by atoms with Gasteiger partial charge in [0, 0.05) is 6.08 Å². The Morgan fingerprint density at radius 2 is 2.04 bits per heavy atom. The van der Waals surface area contributed by atoms with Crippen LogP contribution < -0.4 is 4.74 Å². The van der Waals surface area contributed by atoms with Crippen molar-refractivity contribution in [3.63, 3.8) is 0 Å². The number of benzene rings is 1. The van der Waals surface area contributed by atoms with Crippen molar-refractivity contribution in [1.82, 2.24) is 4.90 Å². The summed E-state index contributed by atoms with van der Waals surface area (Å²) < 4.78 is 11.9. The van der Waals surface area contributed by atoms with Crippen LogP contribution >= 0.6 is 46.6 Å². The molecule has 0 N–H and O–H groups in total. The molecule has 2 aromatic rings. The number of methoxy groups -OCH3 is 1. The lowest BCUT2D eigenvalue weighted by Crippen LogP contribution is -2.27. The molecular weight excluding hydrogens is 445 g/mol. The number of amides is 1. The molecule has 23 heavy (non-hydrogen) atoms. The maximum absolute atomic E-state index is 12.5. The number of hydrogen-bond donors (Lipinski definition) is 0. The predicted molar refractivity (Wildman–Crippen MR) is 103 cm³/mol. The summed E-state index contributed by atoms with van der Waals surface area (Å²) in [5.74, 6) is 1.34. The molecule has 1 aromatic carbocycles. The van der Waals surface area contributed by atoms with Gasteiger partial charge >= 0.3 is 0 Å². The third kappa shape index (κ3) is 3.78. The van der Waals surface area contributed by atoms with Gasteiger partial charge in [0.2, 0.25) is 0 Å². The Bertz CT molecular complexity index is 783. The SMILES string of the molecule is COc1ccc(CN2C(=O)/C(=C/c3ccc(I)o3)SC2=S)cc1. The lowest BCUT2D eigenvalue weighted by atomic mass is 10.2. The number of rotatable bonds is 4. The van der Waals surface area contributed by atoms with Crippen LogP contribution in [-0.4, -0.2) is 22.2 Å². The van der Waals surface area contributed by atoms with Gasteiger partial charge in [0.25, 0.3) is 5.91 Å². The fourth-order valence-electron chi connectivity index (χ4n) is 2.08. The zero-order chi connectivity index (χ0) is 16.4. The molecule has 1 amide bonds. The van der Waals surface area contributed by atoms with Crippen molar-refractivity contribution in [2.24, 2.45) is 0 Å². The van der Waals surface area contributed by atoms with Crippen molar-refractivity contribution in [3.8, 4) is 5.75 Å². The van der Waals surface area contributed by atoms with E-state index in [0.29, 0.717) is 21.5 Å². The zero-order valence-electron chi connectivity index (χ0n) is 12.1. The second-order valence-electron chi connectivity index (χ2n) is 4.76. The van der Waals surface area contributed by atoms with Crippen LogP contribution in [0.5, 0.6) is 5.75 Å². The highest BCUT2D eigenvalue weighted by molar-refractivity contribution is 14.1. The minimum Gasteiger partial charge on any atom is -0.497 e. The molecule has 4 nitrogen and oxygen atoms in total. The standard InChI is InChI=1S/C16H12INO3S2/c1-20-11-4-2-10(3-5-11)9-18-15(19)13(23-16(18)22)8-12-6-7-14(17)21-12/h2-8H,9H2,1H3/b13-8-. The first-order valence-electron chi connectivity index (χ1n) is 6.70. The molecule has 0 unspecified atom stereocenters. The zero-order valence-corrected chi connectivity index (χ0v) is 15.9. The smallest absolute Gasteiger partial charge is 0.266 e. The minimum atomic E-state index is -0.0952. The van der Waals surface area contributed by atoms with Crippen LogP contribution in [-0.2, 0) is 11.3 Å². The van der Waals surface area contributed by atoms with Crippen LogP contribution in [0, 0.1) is 3.77 Å². The molecule has 3 rings (SSSR count). The lowest BCUT2D eigenvalue weighted by Gasteiger charge is -2.14. The van der Waals surface area contributed by atoms with Crippen LogP contribution in [0.1, 0.15) is 11.3 Å². The van der Waals surface area contributed by atoms with Gasteiger partial charge in [0.1, 0.15) is 15.8 Å². The van der Waals surface area contributed by atoms with Gasteiger partial charge in [0.15, 0.2) is 3.77 Å². The van der Waals surface area contributed by atoms with E-state index in [1.165, 1.54) is 11.8 Å². The molecule has 0 bridgehead atoms. The number of halogens is 1. The molecule has 1 aliphatic heterocycles. The molecule has 1 aliphatic rings. The number of carbonyl (C=O) groups is 1. The lowest BCUT2D eigenvalue weighted by molar-refractivity contribution is -0.122. The predicted octanol–water partition coefficient (Wildman–Crippen LogP) is 4.29. The van der Waals surface area contributed by atoms with E-state index < -0.39 is 0 Å². The summed E-state index contributed by atoms with van der Waals surface area (Å²) in [6, 6.07) is 11.3. The maximum atomic E-state index is 12.5. The number of carbonyl (C=O) groups excluding carboxylic acids is 1. The van der Waals surface area contributed by atoms with Gasteiger partial charge < -0.3 is 9.15 Å². The third-order valence-electron chi connectivity index (χ3n) is 3.24.